The van der Waals surface area contributed by atoms with Crippen molar-refractivity contribution in [2.24, 2.45) is 0 Å². The summed E-state index contributed by atoms with van der Waals surface area (Å²) in [7, 11) is -3.36. The Bertz CT molecular complexity index is 1020. The van der Waals surface area contributed by atoms with Gasteiger partial charge in [0.1, 0.15) is 5.82 Å². The van der Waals surface area contributed by atoms with Gasteiger partial charge in [0.25, 0.3) is 0 Å². The predicted octanol–water partition coefficient (Wildman–Crippen LogP) is 3.75. The molecule has 2 aromatic rings. The monoisotopic (exact) mass is 428 g/mol. The molecule has 0 aromatic heterocycles. The molecular weight excluding hydrogens is 399 g/mol. The van der Waals surface area contributed by atoms with E-state index in [0.29, 0.717) is 30.4 Å². The van der Waals surface area contributed by atoms with E-state index >= 15 is 0 Å². The zero-order valence-corrected chi connectivity index (χ0v) is 18.0. The van der Waals surface area contributed by atoms with Crippen LogP contribution in [0.2, 0.25) is 0 Å². The smallest absolute Gasteiger partial charge is 0.214 e. The SMILES string of the molecule is O=S(=O)(NCc1cc2c(cc1F)CC(N1CCC1)C2Cc1ccccc1)C1CCC1. The van der Waals surface area contributed by atoms with Gasteiger partial charge in [-0.3, -0.25) is 4.90 Å². The molecule has 4 nitrogen and oxygen atoms in total. The summed E-state index contributed by atoms with van der Waals surface area (Å²) in [6.45, 7) is 2.26. The van der Waals surface area contributed by atoms with Gasteiger partial charge < -0.3 is 0 Å². The fourth-order valence-corrected chi connectivity index (χ4v) is 6.60. The predicted molar refractivity (Wildman–Crippen MR) is 116 cm³/mol. The summed E-state index contributed by atoms with van der Waals surface area (Å²) in [5, 5.41) is -0.309. The number of nitrogens with one attached hydrogen (secondary N) is 1. The van der Waals surface area contributed by atoms with Crippen LogP contribution in [0.4, 0.5) is 4.39 Å². The molecule has 6 heteroatoms. The molecule has 0 spiro atoms. The molecule has 1 saturated heterocycles. The van der Waals surface area contributed by atoms with Crippen LogP contribution in [0.25, 0.3) is 0 Å². The van der Waals surface area contributed by atoms with Crippen molar-refractivity contribution in [3.63, 3.8) is 0 Å². The molecule has 160 valence electrons. The fraction of sp³-hybridized carbons (Fsp3) is 0.500. The van der Waals surface area contributed by atoms with Crippen molar-refractivity contribution in [2.75, 3.05) is 13.1 Å². The van der Waals surface area contributed by atoms with E-state index in [0.717, 1.165) is 37.9 Å². The quantitative estimate of drug-likeness (QED) is 0.731. The van der Waals surface area contributed by atoms with Gasteiger partial charge in [-0.15, -0.1) is 0 Å². The second kappa shape index (κ2) is 8.06. The Kier molecular flexibility index (Phi) is 5.42. The van der Waals surface area contributed by atoms with E-state index in [-0.39, 0.29) is 17.6 Å². The number of likely N-dealkylation sites (tertiary alicyclic amines) is 1. The Balaban J connectivity index is 1.41. The first-order valence-electron chi connectivity index (χ1n) is 11.1. The maximum Gasteiger partial charge on any atom is 0.214 e. The first-order chi connectivity index (χ1) is 14.5. The van der Waals surface area contributed by atoms with Crippen molar-refractivity contribution >= 4 is 10.0 Å². The maximum atomic E-state index is 14.8. The first-order valence-corrected chi connectivity index (χ1v) is 12.6. The Morgan fingerprint density at radius 3 is 2.47 bits per heavy atom. The minimum absolute atomic E-state index is 0.0321. The zero-order chi connectivity index (χ0) is 20.7. The summed E-state index contributed by atoms with van der Waals surface area (Å²) in [5.41, 5.74) is 4.02. The first kappa shape index (κ1) is 20.2. The van der Waals surface area contributed by atoms with E-state index in [1.165, 1.54) is 17.5 Å². The van der Waals surface area contributed by atoms with Crippen molar-refractivity contribution < 1.29 is 12.8 Å². The molecule has 2 fully saturated rings. The van der Waals surface area contributed by atoms with Gasteiger partial charge in [-0.2, -0.15) is 0 Å². The molecule has 1 N–H and O–H groups in total. The van der Waals surface area contributed by atoms with E-state index in [1.54, 1.807) is 6.07 Å². The molecule has 3 aliphatic rings. The molecule has 5 rings (SSSR count). The number of halogens is 1. The molecule has 2 unspecified atom stereocenters. The van der Waals surface area contributed by atoms with Gasteiger partial charge >= 0.3 is 0 Å². The van der Waals surface area contributed by atoms with Crippen molar-refractivity contribution in [2.45, 2.75) is 62.3 Å². The number of nitrogens with zero attached hydrogens (tertiary/aromatic N) is 1. The minimum Gasteiger partial charge on any atom is -0.299 e. The summed E-state index contributed by atoms with van der Waals surface area (Å²) in [5.74, 6) is 0.0121. The van der Waals surface area contributed by atoms with E-state index in [9.17, 15) is 12.8 Å². The Labute approximate surface area is 178 Å². The van der Waals surface area contributed by atoms with Crippen LogP contribution in [-0.4, -0.2) is 37.7 Å². The van der Waals surface area contributed by atoms with Crippen LogP contribution in [0.3, 0.4) is 0 Å². The molecule has 0 amide bonds. The van der Waals surface area contributed by atoms with Gasteiger partial charge in [0.2, 0.25) is 10.0 Å². The number of hydrogen-bond acceptors (Lipinski definition) is 3. The van der Waals surface area contributed by atoms with E-state index < -0.39 is 10.0 Å². The van der Waals surface area contributed by atoms with Gasteiger partial charge in [0, 0.05) is 24.1 Å². The standard InChI is InChI=1S/C24H29FN2O2S/c25-23-14-18-15-24(27-10-5-11-27)22(12-17-6-2-1-3-7-17)21(18)13-19(23)16-26-30(28,29)20-8-4-9-20/h1-3,6-7,13-14,20,22,24,26H,4-5,8-12,15-16H2. The molecule has 2 aliphatic carbocycles. The summed E-state index contributed by atoms with van der Waals surface area (Å²) in [6, 6.07) is 14.5. The Morgan fingerprint density at radius 1 is 1.07 bits per heavy atom. The van der Waals surface area contributed by atoms with E-state index in [2.05, 4.69) is 33.9 Å². The van der Waals surface area contributed by atoms with Gasteiger partial charge in [-0.25, -0.2) is 17.5 Å². The number of sulfonamides is 1. The topological polar surface area (TPSA) is 49.4 Å². The average Bonchev–Trinajstić information content (AvgIpc) is 2.94. The van der Waals surface area contributed by atoms with Crippen molar-refractivity contribution in [3.05, 3.63) is 70.5 Å². The van der Waals surface area contributed by atoms with Crippen LogP contribution >= 0.6 is 0 Å². The number of hydrogen-bond donors (Lipinski definition) is 1. The highest BCUT2D eigenvalue weighted by Crippen LogP contribution is 2.41. The van der Waals surface area contributed by atoms with E-state index in [1.807, 2.05) is 12.1 Å². The van der Waals surface area contributed by atoms with E-state index in [4.69, 9.17) is 0 Å². The summed E-state index contributed by atoms with van der Waals surface area (Å²) in [6.07, 6.45) is 5.40. The second-order valence-electron chi connectivity index (χ2n) is 9.02. The van der Waals surface area contributed by atoms with Crippen molar-refractivity contribution in [1.29, 1.82) is 0 Å². The summed E-state index contributed by atoms with van der Waals surface area (Å²) in [4.78, 5) is 2.52. The second-order valence-corrected chi connectivity index (χ2v) is 11.1. The van der Waals surface area contributed by atoms with Gasteiger partial charge in [0.15, 0.2) is 0 Å². The molecular formula is C24H29FN2O2S. The van der Waals surface area contributed by atoms with Crippen LogP contribution in [0.1, 0.15) is 53.9 Å². The normalized spacial score (nSPS) is 24.3. The highest BCUT2D eigenvalue weighted by atomic mass is 32.2. The molecule has 0 radical (unpaired) electrons. The maximum absolute atomic E-state index is 14.8. The molecule has 30 heavy (non-hydrogen) atoms. The van der Waals surface area contributed by atoms with Crippen LogP contribution in [0.5, 0.6) is 0 Å². The average molecular weight is 429 g/mol. The number of benzene rings is 2. The molecule has 1 heterocycles. The largest absolute Gasteiger partial charge is 0.299 e. The van der Waals surface area contributed by atoms with Gasteiger partial charge in [0.05, 0.1) is 5.25 Å². The zero-order valence-electron chi connectivity index (χ0n) is 17.2. The van der Waals surface area contributed by atoms with Crippen molar-refractivity contribution in [1.82, 2.24) is 9.62 Å². The van der Waals surface area contributed by atoms with Crippen LogP contribution in [0, 0.1) is 5.82 Å². The summed E-state index contributed by atoms with van der Waals surface area (Å²) < 4.78 is 42.3. The minimum atomic E-state index is -3.36. The van der Waals surface area contributed by atoms with Crippen LogP contribution < -0.4 is 4.72 Å². The molecule has 2 aromatic carbocycles. The molecule has 1 aliphatic heterocycles. The molecule has 2 atom stereocenters. The van der Waals surface area contributed by atoms with Gasteiger partial charge in [-0.1, -0.05) is 42.8 Å². The lowest BCUT2D eigenvalue weighted by Crippen LogP contribution is -2.47. The third kappa shape index (κ3) is 3.81. The lowest BCUT2D eigenvalue weighted by atomic mass is 9.88. The lowest BCUT2D eigenvalue weighted by Gasteiger charge is -2.39. The third-order valence-electron chi connectivity index (χ3n) is 7.21. The number of rotatable bonds is 7. The van der Waals surface area contributed by atoms with Crippen LogP contribution in [-0.2, 0) is 29.4 Å². The third-order valence-corrected chi connectivity index (χ3v) is 9.11. The summed E-state index contributed by atoms with van der Waals surface area (Å²) >= 11 is 0. The van der Waals surface area contributed by atoms with Gasteiger partial charge in [-0.05, 0) is 68.0 Å². The Hall–Kier alpha value is -1.76. The number of fused-ring (bicyclic) bond motifs is 1. The van der Waals surface area contributed by atoms with Crippen molar-refractivity contribution in [3.8, 4) is 0 Å². The Morgan fingerprint density at radius 2 is 1.83 bits per heavy atom. The highest BCUT2D eigenvalue weighted by molar-refractivity contribution is 7.90. The molecule has 0 bridgehead atoms. The van der Waals surface area contributed by atoms with Crippen LogP contribution in [0.15, 0.2) is 42.5 Å². The highest BCUT2D eigenvalue weighted by Gasteiger charge is 2.39. The molecule has 1 saturated carbocycles. The fourth-order valence-electron chi connectivity index (χ4n) is 5.06. The lowest BCUT2D eigenvalue weighted by molar-refractivity contribution is 0.106.